The first-order valence-electron chi connectivity index (χ1n) is 9.32. The Balaban J connectivity index is 1.61. The van der Waals surface area contributed by atoms with Crippen molar-refractivity contribution in [1.29, 1.82) is 0 Å². The number of hydrogen-bond acceptors (Lipinski definition) is 3. The third kappa shape index (κ3) is 6.77. The zero-order valence-electron chi connectivity index (χ0n) is 14.6. The second-order valence-corrected chi connectivity index (χ2v) is 6.47. The lowest BCUT2D eigenvalue weighted by molar-refractivity contribution is -0.128. The molecule has 0 saturated carbocycles. The van der Waals surface area contributed by atoms with Gasteiger partial charge in [0.1, 0.15) is 6.54 Å². The van der Waals surface area contributed by atoms with E-state index in [1.807, 2.05) is 11.8 Å². The fraction of sp³-hybridized carbons (Fsp3) is 0.882. The summed E-state index contributed by atoms with van der Waals surface area (Å²) in [5.41, 5.74) is 0. The molecule has 0 radical (unpaired) electrons. The van der Waals surface area contributed by atoms with Crippen LogP contribution in [0.3, 0.4) is 0 Å². The van der Waals surface area contributed by atoms with E-state index in [0.717, 1.165) is 51.4 Å². The van der Waals surface area contributed by atoms with Crippen LogP contribution in [0.15, 0.2) is 4.99 Å². The van der Waals surface area contributed by atoms with Crippen LogP contribution >= 0.6 is 0 Å². The van der Waals surface area contributed by atoms with Crippen molar-refractivity contribution in [3.63, 3.8) is 0 Å². The van der Waals surface area contributed by atoms with Gasteiger partial charge in [0.15, 0.2) is 5.96 Å². The highest BCUT2D eigenvalue weighted by molar-refractivity contribution is 5.85. The van der Waals surface area contributed by atoms with Crippen LogP contribution in [0, 0.1) is 0 Å². The molecule has 0 spiro atoms. The third-order valence-electron chi connectivity index (χ3n) is 4.57. The van der Waals surface area contributed by atoms with E-state index in [2.05, 4.69) is 20.5 Å². The largest absolute Gasteiger partial charge is 0.357 e. The second kappa shape index (κ2) is 10.5. The molecular formula is C17H33N5O. The number of unbranched alkanes of at least 4 members (excludes halogenated alkanes) is 1. The Morgan fingerprint density at radius 2 is 1.70 bits per heavy atom. The van der Waals surface area contributed by atoms with Crippen LogP contribution in [0.4, 0.5) is 0 Å². The fourth-order valence-electron chi connectivity index (χ4n) is 3.23. The van der Waals surface area contributed by atoms with E-state index in [0.29, 0.717) is 0 Å². The van der Waals surface area contributed by atoms with Crippen molar-refractivity contribution in [3.8, 4) is 0 Å². The van der Waals surface area contributed by atoms with Gasteiger partial charge >= 0.3 is 0 Å². The van der Waals surface area contributed by atoms with Crippen LogP contribution in [0.1, 0.15) is 45.4 Å². The summed E-state index contributed by atoms with van der Waals surface area (Å²) in [5.74, 6) is 0.912. The highest BCUT2D eigenvalue weighted by atomic mass is 16.2. The Labute approximate surface area is 140 Å². The Bertz CT molecular complexity index is 373. The minimum atomic E-state index is 0.147. The predicted octanol–water partition coefficient (Wildman–Crippen LogP) is 1.04. The minimum absolute atomic E-state index is 0.147. The maximum absolute atomic E-state index is 12.0. The molecule has 0 bridgehead atoms. The van der Waals surface area contributed by atoms with Gasteiger partial charge in [-0.15, -0.1) is 0 Å². The number of aliphatic imine (C=N–C) groups is 1. The van der Waals surface area contributed by atoms with E-state index in [1.165, 1.54) is 38.9 Å². The van der Waals surface area contributed by atoms with Gasteiger partial charge in [0, 0.05) is 26.2 Å². The smallest absolute Gasteiger partial charge is 0.244 e. The Morgan fingerprint density at radius 3 is 2.39 bits per heavy atom. The molecule has 0 unspecified atom stereocenters. The number of nitrogens with zero attached hydrogens (tertiary/aromatic N) is 3. The number of carbonyl (C=O) groups is 1. The third-order valence-corrected chi connectivity index (χ3v) is 4.57. The molecule has 2 rings (SSSR count). The van der Waals surface area contributed by atoms with Crippen molar-refractivity contribution >= 4 is 11.9 Å². The first-order valence-corrected chi connectivity index (χ1v) is 9.32. The SMILES string of the molecule is CCNC(=NCC(=O)N1CCCC1)NCCCCN1CCCC1. The van der Waals surface area contributed by atoms with Gasteiger partial charge in [0.2, 0.25) is 5.91 Å². The zero-order valence-corrected chi connectivity index (χ0v) is 14.6. The lowest BCUT2D eigenvalue weighted by Gasteiger charge is -2.16. The molecule has 2 N–H and O–H groups in total. The molecule has 2 aliphatic heterocycles. The molecule has 0 aromatic heterocycles. The average molecular weight is 323 g/mol. The van der Waals surface area contributed by atoms with E-state index in [9.17, 15) is 4.79 Å². The lowest BCUT2D eigenvalue weighted by Crippen LogP contribution is -2.39. The van der Waals surface area contributed by atoms with Crippen molar-refractivity contribution in [3.05, 3.63) is 0 Å². The molecular weight excluding hydrogens is 290 g/mol. The molecule has 2 heterocycles. The van der Waals surface area contributed by atoms with Crippen LogP contribution < -0.4 is 10.6 Å². The maximum atomic E-state index is 12.0. The highest BCUT2D eigenvalue weighted by Gasteiger charge is 2.17. The summed E-state index contributed by atoms with van der Waals surface area (Å²) in [6.45, 7) is 9.59. The lowest BCUT2D eigenvalue weighted by atomic mass is 10.3. The summed E-state index contributed by atoms with van der Waals surface area (Å²) in [4.78, 5) is 20.9. The number of likely N-dealkylation sites (tertiary alicyclic amines) is 2. The molecule has 0 aromatic carbocycles. The van der Waals surface area contributed by atoms with E-state index in [1.54, 1.807) is 0 Å². The summed E-state index contributed by atoms with van der Waals surface area (Å²) in [5, 5.41) is 6.56. The molecule has 132 valence electrons. The number of hydrogen-bond donors (Lipinski definition) is 2. The van der Waals surface area contributed by atoms with E-state index < -0.39 is 0 Å². The normalized spacial score (nSPS) is 19.3. The van der Waals surface area contributed by atoms with E-state index in [-0.39, 0.29) is 12.5 Å². The maximum Gasteiger partial charge on any atom is 0.244 e. The van der Waals surface area contributed by atoms with Gasteiger partial charge in [0.05, 0.1) is 0 Å². The molecule has 1 amide bonds. The molecule has 6 nitrogen and oxygen atoms in total. The number of nitrogens with one attached hydrogen (secondary N) is 2. The fourth-order valence-corrected chi connectivity index (χ4v) is 3.23. The van der Waals surface area contributed by atoms with Gasteiger partial charge in [0.25, 0.3) is 0 Å². The summed E-state index contributed by atoms with van der Waals surface area (Å²) in [7, 11) is 0. The standard InChI is InChI=1S/C17H33N5O/c1-2-18-17(20-15-16(23)22-13-7-8-14-22)19-9-3-4-10-21-11-5-6-12-21/h2-15H2,1H3,(H2,18,19,20). The second-order valence-electron chi connectivity index (χ2n) is 6.47. The summed E-state index contributed by atoms with van der Waals surface area (Å²) in [6, 6.07) is 0. The van der Waals surface area contributed by atoms with E-state index in [4.69, 9.17) is 0 Å². The van der Waals surface area contributed by atoms with E-state index >= 15 is 0 Å². The molecule has 2 saturated heterocycles. The molecule has 0 aromatic rings. The average Bonchev–Trinajstić information content (AvgIpc) is 3.25. The monoisotopic (exact) mass is 323 g/mol. The van der Waals surface area contributed by atoms with Crippen molar-refractivity contribution in [2.24, 2.45) is 4.99 Å². The first-order chi connectivity index (χ1) is 11.3. The molecule has 2 fully saturated rings. The topological polar surface area (TPSA) is 60.0 Å². The van der Waals surface area contributed by atoms with Crippen molar-refractivity contribution in [1.82, 2.24) is 20.4 Å². The van der Waals surface area contributed by atoms with Gasteiger partial charge in [-0.1, -0.05) is 0 Å². The van der Waals surface area contributed by atoms with Crippen molar-refractivity contribution in [2.75, 3.05) is 52.4 Å². The predicted molar refractivity (Wildman–Crippen MR) is 94.7 cm³/mol. The molecule has 2 aliphatic rings. The quantitative estimate of drug-likeness (QED) is 0.398. The highest BCUT2D eigenvalue weighted by Crippen LogP contribution is 2.08. The number of carbonyl (C=O) groups excluding carboxylic acids is 1. The molecule has 6 heteroatoms. The Hall–Kier alpha value is -1.30. The summed E-state index contributed by atoms with van der Waals surface area (Å²) < 4.78 is 0. The van der Waals surface area contributed by atoms with Gasteiger partial charge in [-0.05, 0) is 65.1 Å². The minimum Gasteiger partial charge on any atom is -0.357 e. The van der Waals surface area contributed by atoms with Crippen LogP contribution in [-0.4, -0.2) is 74.0 Å². The van der Waals surface area contributed by atoms with Crippen molar-refractivity contribution < 1.29 is 4.79 Å². The van der Waals surface area contributed by atoms with Gasteiger partial charge in [-0.3, -0.25) is 4.79 Å². The molecule has 0 aliphatic carbocycles. The summed E-state index contributed by atoms with van der Waals surface area (Å²) >= 11 is 0. The van der Waals surface area contributed by atoms with Crippen LogP contribution in [0.2, 0.25) is 0 Å². The first kappa shape index (κ1) is 18.0. The van der Waals surface area contributed by atoms with Gasteiger partial charge in [-0.2, -0.15) is 0 Å². The van der Waals surface area contributed by atoms with Crippen LogP contribution in [0.5, 0.6) is 0 Å². The molecule has 0 atom stereocenters. The zero-order chi connectivity index (χ0) is 16.3. The number of rotatable bonds is 8. The van der Waals surface area contributed by atoms with Crippen LogP contribution in [0.25, 0.3) is 0 Å². The number of amides is 1. The summed E-state index contributed by atoms with van der Waals surface area (Å²) in [6.07, 6.45) is 7.34. The van der Waals surface area contributed by atoms with Crippen LogP contribution in [-0.2, 0) is 4.79 Å². The van der Waals surface area contributed by atoms with Crippen molar-refractivity contribution in [2.45, 2.75) is 45.4 Å². The Morgan fingerprint density at radius 1 is 1.00 bits per heavy atom. The Kier molecular flexibility index (Phi) is 8.21. The van der Waals surface area contributed by atoms with Gasteiger partial charge < -0.3 is 20.4 Å². The number of guanidine groups is 1. The van der Waals surface area contributed by atoms with Gasteiger partial charge in [-0.25, -0.2) is 4.99 Å². The molecule has 23 heavy (non-hydrogen) atoms.